The second kappa shape index (κ2) is 5.25. The van der Waals surface area contributed by atoms with Crippen molar-refractivity contribution in [1.29, 1.82) is 0 Å². The maximum Gasteiger partial charge on any atom is 0.307 e. The van der Waals surface area contributed by atoms with Gasteiger partial charge in [0.25, 0.3) is 0 Å². The van der Waals surface area contributed by atoms with Gasteiger partial charge in [-0.15, -0.1) is 0 Å². The van der Waals surface area contributed by atoms with Gasteiger partial charge in [-0.1, -0.05) is 6.92 Å². The van der Waals surface area contributed by atoms with Crippen LogP contribution in [0.15, 0.2) is 0 Å². The number of aliphatic hydroxyl groups is 1. The molecule has 0 amide bonds. The molecule has 0 rings (SSSR count). The molecule has 0 bridgehead atoms. The van der Waals surface area contributed by atoms with Gasteiger partial charge in [-0.2, -0.15) is 0 Å². The molecule has 5 nitrogen and oxygen atoms in total. The Kier molecular flexibility index (Phi) is 5.10. The minimum Gasteiger partial charge on any atom is -0.481 e. The SMILES string of the molecule is CCC(=O)C(O)(CC(=O)O)C(Br)[N+](C)(C)C. The smallest absolute Gasteiger partial charge is 0.307 e. The first-order valence-corrected chi connectivity index (χ1v) is 5.90. The van der Waals surface area contributed by atoms with Crippen LogP contribution in [0.25, 0.3) is 0 Å². The van der Waals surface area contributed by atoms with E-state index in [2.05, 4.69) is 15.9 Å². The number of Topliss-reactive ketones (excluding diaryl/α,β-unsaturated/α-hetero) is 1. The third-order valence-corrected chi connectivity index (χ3v) is 4.28. The maximum atomic E-state index is 11.7. The number of alkyl halides is 1. The predicted octanol–water partition coefficient (Wildman–Crippen LogP) is 0.598. The molecule has 0 aliphatic carbocycles. The Morgan fingerprint density at radius 3 is 2.06 bits per heavy atom. The van der Waals surface area contributed by atoms with E-state index in [1.165, 1.54) is 0 Å². The summed E-state index contributed by atoms with van der Waals surface area (Å²) in [5.74, 6) is -1.66. The Bertz CT molecular complexity index is 287. The number of carbonyl (C=O) groups excluding carboxylic acids is 1. The van der Waals surface area contributed by atoms with Crippen LogP contribution in [0.3, 0.4) is 0 Å². The van der Waals surface area contributed by atoms with E-state index in [1.54, 1.807) is 28.1 Å². The zero-order valence-corrected chi connectivity index (χ0v) is 11.6. The highest BCUT2D eigenvalue weighted by Crippen LogP contribution is 2.29. The number of carboxylic acid groups (broad SMARTS) is 1. The largest absolute Gasteiger partial charge is 0.481 e. The van der Waals surface area contributed by atoms with Crippen LogP contribution in [0.4, 0.5) is 0 Å². The summed E-state index contributed by atoms with van der Waals surface area (Å²) in [6.45, 7) is 1.60. The van der Waals surface area contributed by atoms with Crippen molar-refractivity contribution in [2.45, 2.75) is 30.3 Å². The highest BCUT2D eigenvalue weighted by molar-refractivity contribution is 9.09. The van der Waals surface area contributed by atoms with Crippen molar-refractivity contribution in [1.82, 2.24) is 0 Å². The first-order valence-electron chi connectivity index (χ1n) is 4.98. The average Bonchev–Trinajstić information content (AvgIpc) is 2.12. The molecule has 0 aromatic heterocycles. The van der Waals surface area contributed by atoms with Gasteiger partial charge >= 0.3 is 5.97 Å². The number of quaternary nitrogens is 1. The molecule has 0 radical (unpaired) electrons. The van der Waals surface area contributed by atoms with Crippen molar-refractivity contribution in [3.63, 3.8) is 0 Å². The van der Waals surface area contributed by atoms with E-state index < -0.39 is 28.7 Å². The molecule has 2 unspecified atom stereocenters. The number of aliphatic carboxylic acids is 1. The van der Waals surface area contributed by atoms with Crippen molar-refractivity contribution >= 4 is 27.7 Å². The molecule has 0 heterocycles. The minimum absolute atomic E-state index is 0.103. The van der Waals surface area contributed by atoms with Gasteiger partial charge in [-0.25, -0.2) is 0 Å². The maximum absolute atomic E-state index is 11.7. The van der Waals surface area contributed by atoms with E-state index in [0.29, 0.717) is 0 Å². The number of likely N-dealkylation sites (N-methyl/N-ethyl adjacent to an activating group) is 1. The second-order valence-corrected chi connectivity index (χ2v) is 5.59. The van der Waals surface area contributed by atoms with Gasteiger partial charge in [0.1, 0.15) is 0 Å². The lowest BCUT2D eigenvalue weighted by Crippen LogP contribution is -2.60. The van der Waals surface area contributed by atoms with E-state index in [0.717, 1.165) is 0 Å². The Morgan fingerprint density at radius 2 is 1.81 bits per heavy atom. The Labute approximate surface area is 104 Å². The van der Waals surface area contributed by atoms with E-state index in [-0.39, 0.29) is 10.9 Å². The predicted molar refractivity (Wildman–Crippen MR) is 63.2 cm³/mol. The number of nitrogens with zero attached hydrogens (tertiary/aromatic N) is 1. The van der Waals surface area contributed by atoms with Crippen LogP contribution in [-0.4, -0.2) is 58.1 Å². The molecule has 0 aliphatic heterocycles. The molecule has 0 saturated carbocycles. The van der Waals surface area contributed by atoms with Crippen LogP contribution in [0.5, 0.6) is 0 Å². The summed E-state index contributed by atoms with van der Waals surface area (Å²) >= 11 is 3.23. The van der Waals surface area contributed by atoms with Crippen LogP contribution < -0.4 is 0 Å². The fourth-order valence-corrected chi connectivity index (χ4v) is 1.91. The zero-order chi connectivity index (χ0) is 13.1. The highest BCUT2D eigenvalue weighted by Gasteiger charge is 2.50. The number of hydrogen-bond donors (Lipinski definition) is 2. The lowest BCUT2D eigenvalue weighted by atomic mass is 9.91. The molecule has 2 atom stereocenters. The van der Waals surface area contributed by atoms with E-state index in [1.807, 2.05) is 0 Å². The van der Waals surface area contributed by atoms with E-state index in [4.69, 9.17) is 5.11 Å². The fraction of sp³-hybridized carbons (Fsp3) is 0.800. The number of carbonyl (C=O) groups is 2. The summed E-state index contributed by atoms with van der Waals surface area (Å²) in [6.07, 6.45) is -0.489. The first kappa shape index (κ1) is 15.5. The average molecular weight is 297 g/mol. The number of hydrogen-bond acceptors (Lipinski definition) is 3. The molecule has 0 saturated heterocycles. The number of rotatable bonds is 6. The number of halogens is 1. The van der Waals surface area contributed by atoms with Crippen LogP contribution in [0.1, 0.15) is 19.8 Å². The summed E-state index contributed by atoms with van der Waals surface area (Å²) in [5.41, 5.74) is -1.88. The molecule has 2 N–H and O–H groups in total. The van der Waals surface area contributed by atoms with Crippen molar-refractivity contribution in [3.8, 4) is 0 Å². The zero-order valence-electron chi connectivity index (χ0n) is 10.0. The number of ketones is 1. The summed E-state index contributed by atoms with van der Waals surface area (Å²) in [5, 5.41) is 19.0. The van der Waals surface area contributed by atoms with Crippen molar-refractivity contribution in [2.24, 2.45) is 0 Å². The van der Waals surface area contributed by atoms with Gasteiger partial charge in [-0.3, -0.25) is 9.59 Å². The van der Waals surface area contributed by atoms with Crippen molar-refractivity contribution in [3.05, 3.63) is 0 Å². The standard InChI is InChI=1S/C10H18BrNO4/c1-5-7(13)10(16,6-8(14)15)9(11)12(2,3)4/h9,16H,5-6H2,1-4H3/p+1. The molecule has 0 spiro atoms. The van der Waals surface area contributed by atoms with Crippen LogP contribution in [0.2, 0.25) is 0 Å². The van der Waals surface area contributed by atoms with Gasteiger partial charge < -0.3 is 14.7 Å². The Morgan fingerprint density at radius 1 is 1.38 bits per heavy atom. The summed E-state index contributed by atoms with van der Waals surface area (Å²) in [6, 6.07) is 0. The van der Waals surface area contributed by atoms with Crippen LogP contribution in [0, 0.1) is 0 Å². The van der Waals surface area contributed by atoms with Gasteiger partial charge in [0.2, 0.25) is 0 Å². The van der Waals surface area contributed by atoms with Gasteiger partial charge in [0.05, 0.1) is 27.6 Å². The van der Waals surface area contributed by atoms with E-state index in [9.17, 15) is 14.7 Å². The molecular weight excluding hydrogens is 278 g/mol. The van der Waals surface area contributed by atoms with Gasteiger partial charge in [0.15, 0.2) is 16.3 Å². The third-order valence-electron chi connectivity index (χ3n) is 2.30. The Balaban J connectivity index is 5.23. The molecular formula is C10H19BrNO4+. The molecule has 0 aromatic carbocycles. The number of carboxylic acids is 1. The lowest BCUT2D eigenvalue weighted by Gasteiger charge is -2.39. The molecule has 0 aliphatic rings. The minimum atomic E-state index is -1.88. The second-order valence-electron chi connectivity index (χ2n) is 4.72. The van der Waals surface area contributed by atoms with Crippen LogP contribution in [-0.2, 0) is 9.59 Å². The van der Waals surface area contributed by atoms with Gasteiger partial charge in [0, 0.05) is 6.42 Å². The van der Waals surface area contributed by atoms with E-state index >= 15 is 0 Å². The normalized spacial score (nSPS) is 17.6. The lowest BCUT2D eigenvalue weighted by molar-refractivity contribution is -0.884. The molecule has 6 heteroatoms. The molecule has 0 fully saturated rings. The fourth-order valence-electron chi connectivity index (χ4n) is 1.49. The summed E-state index contributed by atoms with van der Waals surface area (Å²) < 4.78 is 0.246. The molecule has 16 heavy (non-hydrogen) atoms. The van der Waals surface area contributed by atoms with Crippen molar-refractivity contribution in [2.75, 3.05) is 21.1 Å². The molecule has 0 aromatic rings. The van der Waals surface area contributed by atoms with Crippen LogP contribution >= 0.6 is 15.9 Å². The quantitative estimate of drug-likeness (QED) is 0.428. The third kappa shape index (κ3) is 3.54. The van der Waals surface area contributed by atoms with Gasteiger partial charge in [-0.05, 0) is 15.9 Å². The monoisotopic (exact) mass is 296 g/mol. The van der Waals surface area contributed by atoms with Crippen molar-refractivity contribution < 1.29 is 24.3 Å². The highest BCUT2D eigenvalue weighted by atomic mass is 79.9. The first-order chi connectivity index (χ1) is 7.05. The molecule has 94 valence electrons. The Hall–Kier alpha value is -0.460. The summed E-state index contributed by atoms with van der Waals surface area (Å²) in [7, 11) is 5.32. The summed E-state index contributed by atoms with van der Waals surface area (Å²) in [4.78, 5) is 21.8. The topological polar surface area (TPSA) is 74.6 Å².